The van der Waals surface area contributed by atoms with E-state index < -0.39 is 35.1 Å². The lowest BCUT2D eigenvalue weighted by molar-refractivity contribution is 0.0523. The van der Waals surface area contributed by atoms with E-state index in [0.717, 1.165) is 6.20 Å². The average molecular weight is 232 g/mol. The van der Waals surface area contributed by atoms with E-state index in [2.05, 4.69) is 9.72 Å². The van der Waals surface area contributed by atoms with E-state index in [1.54, 1.807) is 6.92 Å². The summed E-state index contributed by atoms with van der Waals surface area (Å²) in [5.41, 5.74) is 3.52. The van der Waals surface area contributed by atoms with Crippen LogP contribution in [0.25, 0.3) is 0 Å². The van der Waals surface area contributed by atoms with Crippen LogP contribution in [0.2, 0.25) is 0 Å². The second-order valence-electron chi connectivity index (χ2n) is 2.84. The molecule has 0 aromatic carbocycles. The SMILES string of the molecule is CCOC(=O)c1c(O)cnc(C(F)F)c1N. The van der Waals surface area contributed by atoms with E-state index in [9.17, 15) is 18.7 Å². The molecular weight excluding hydrogens is 222 g/mol. The molecule has 0 aliphatic heterocycles. The van der Waals surface area contributed by atoms with Gasteiger partial charge in [-0.3, -0.25) is 0 Å². The highest BCUT2D eigenvalue weighted by Crippen LogP contribution is 2.31. The van der Waals surface area contributed by atoms with Crippen LogP contribution < -0.4 is 5.73 Å². The van der Waals surface area contributed by atoms with Gasteiger partial charge in [0.2, 0.25) is 0 Å². The third-order valence-corrected chi connectivity index (χ3v) is 1.81. The Morgan fingerprint density at radius 2 is 2.31 bits per heavy atom. The maximum atomic E-state index is 12.4. The predicted molar refractivity (Wildman–Crippen MR) is 51.2 cm³/mol. The second-order valence-corrected chi connectivity index (χ2v) is 2.84. The van der Waals surface area contributed by atoms with Crippen molar-refractivity contribution in [2.75, 3.05) is 12.3 Å². The van der Waals surface area contributed by atoms with Gasteiger partial charge in [0.25, 0.3) is 6.43 Å². The Hall–Kier alpha value is -1.92. The van der Waals surface area contributed by atoms with Gasteiger partial charge in [0.05, 0.1) is 18.5 Å². The van der Waals surface area contributed by atoms with Gasteiger partial charge in [-0.25, -0.2) is 18.6 Å². The molecule has 0 saturated heterocycles. The minimum atomic E-state index is -2.92. The molecule has 3 N–H and O–H groups in total. The fourth-order valence-corrected chi connectivity index (χ4v) is 1.12. The van der Waals surface area contributed by atoms with Gasteiger partial charge in [0.1, 0.15) is 11.3 Å². The Bertz CT molecular complexity index is 410. The molecule has 0 amide bonds. The van der Waals surface area contributed by atoms with E-state index in [4.69, 9.17) is 5.73 Å². The smallest absolute Gasteiger partial charge is 0.344 e. The number of nitrogen functional groups attached to an aromatic ring is 1. The lowest BCUT2D eigenvalue weighted by atomic mass is 10.1. The summed E-state index contributed by atoms with van der Waals surface area (Å²) in [7, 11) is 0. The van der Waals surface area contributed by atoms with Crippen molar-refractivity contribution in [1.29, 1.82) is 0 Å². The molecule has 0 spiro atoms. The maximum Gasteiger partial charge on any atom is 0.344 e. The number of alkyl halides is 2. The van der Waals surface area contributed by atoms with Gasteiger partial charge >= 0.3 is 5.97 Å². The van der Waals surface area contributed by atoms with Crippen LogP contribution in [0.5, 0.6) is 5.75 Å². The molecule has 7 heteroatoms. The second kappa shape index (κ2) is 4.73. The molecule has 0 bridgehead atoms. The van der Waals surface area contributed by atoms with Crippen LogP contribution >= 0.6 is 0 Å². The Kier molecular flexibility index (Phi) is 3.60. The number of carbonyl (C=O) groups excluding carboxylic acids is 1. The van der Waals surface area contributed by atoms with Crippen molar-refractivity contribution in [1.82, 2.24) is 4.98 Å². The van der Waals surface area contributed by atoms with Crippen LogP contribution in [0.15, 0.2) is 6.20 Å². The number of pyridine rings is 1. The molecule has 1 heterocycles. The number of ether oxygens (including phenoxy) is 1. The summed E-state index contributed by atoms with van der Waals surface area (Å²) >= 11 is 0. The number of aromatic hydroxyl groups is 1. The monoisotopic (exact) mass is 232 g/mol. The standard InChI is InChI=1S/C9H10F2N2O3/c1-2-16-9(15)5-4(14)3-13-7(6(5)12)8(10)11/h3,8,14H,2,12H2,1H3. The summed E-state index contributed by atoms with van der Waals surface area (Å²) in [5.74, 6) is -1.54. The van der Waals surface area contributed by atoms with Gasteiger partial charge < -0.3 is 15.6 Å². The Balaban J connectivity index is 3.26. The molecule has 16 heavy (non-hydrogen) atoms. The van der Waals surface area contributed by atoms with Gasteiger partial charge in [-0.2, -0.15) is 0 Å². The van der Waals surface area contributed by atoms with E-state index >= 15 is 0 Å². The highest BCUT2D eigenvalue weighted by molar-refractivity contribution is 5.98. The first kappa shape index (κ1) is 12.2. The fraction of sp³-hybridized carbons (Fsp3) is 0.333. The zero-order chi connectivity index (χ0) is 12.3. The van der Waals surface area contributed by atoms with Crippen molar-refractivity contribution in [3.05, 3.63) is 17.5 Å². The van der Waals surface area contributed by atoms with Gasteiger partial charge in [-0.15, -0.1) is 0 Å². The summed E-state index contributed by atoms with van der Waals surface area (Å²) in [5, 5.41) is 9.31. The zero-order valence-corrected chi connectivity index (χ0v) is 8.41. The third-order valence-electron chi connectivity index (χ3n) is 1.81. The highest BCUT2D eigenvalue weighted by atomic mass is 19.3. The molecule has 1 rings (SSSR count). The average Bonchev–Trinajstić information content (AvgIpc) is 2.17. The number of esters is 1. The molecule has 0 radical (unpaired) electrons. The van der Waals surface area contributed by atoms with Gasteiger partial charge in [-0.05, 0) is 6.92 Å². The van der Waals surface area contributed by atoms with E-state index in [1.807, 2.05) is 0 Å². The Morgan fingerprint density at radius 1 is 1.69 bits per heavy atom. The minimum Gasteiger partial charge on any atom is -0.505 e. The Labute approximate surface area is 89.9 Å². The normalized spacial score (nSPS) is 10.5. The molecule has 1 aromatic heterocycles. The molecule has 0 fully saturated rings. The number of carbonyl (C=O) groups is 1. The van der Waals surface area contributed by atoms with Gasteiger partial charge in [0, 0.05) is 0 Å². The number of hydrogen-bond acceptors (Lipinski definition) is 5. The summed E-state index contributed by atoms with van der Waals surface area (Å²) < 4.78 is 29.4. The Morgan fingerprint density at radius 3 is 2.81 bits per heavy atom. The molecule has 0 aliphatic carbocycles. The number of halogens is 2. The topological polar surface area (TPSA) is 85.4 Å². The number of rotatable bonds is 3. The van der Waals surface area contributed by atoms with Crippen molar-refractivity contribution in [3.63, 3.8) is 0 Å². The van der Waals surface area contributed by atoms with E-state index in [-0.39, 0.29) is 6.61 Å². The van der Waals surface area contributed by atoms with Crippen molar-refractivity contribution >= 4 is 11.7 Å². The van der Waals surface area contributed by atoms with Gasteiger partial charge in [0.15, 0.2) is 5.75 Å². The first-order chi connectivity index (χ1) is 7.49. The largest absolute Gasteiger partial charge is 0.505 e. The predicted octanol–water partition coefficient (Wildman–Crippen LogP) is 1.48. The summed E-state index contributed by atoms with van der Waals surface area (Å²) in [4.78, 5) is 14.6. The number of anilines is 1. The van der Waals surface area contributed by atoms with Crippen LogP contribution in [0.3, 0.4) is 0 Å². The minimum absolute atomic E-state index is 0.0457. The van der Waals surface area contributed by atoms with Crippen LogP contribution in [0, 0.1) is 0 Å². The molecule has 0 aliphatic rings. The summed E-state index contributed by atoms with van der Waals surface area (Å²) in [6, 6.07) is 0. The molecule has 88 valence electrons. The number of nitrogens with two attached hydrogens (primary N) is 1. The van der Waals surface area contributed by atoms with Crippen molar-refractivity contribution in [2.24, 2.45) is 0 Å². The van der Waals surface area contributed by atoms with Crippen LogP contribution in [-0.4, -0.2) is 22.7 Å². The zero-order valence-electron chi connectivity index (χ0n) is 8.41. The number of nitrogens with zero attached hydrogens (tertiary/aromatic N) is 1. The quantitative estimate of drug-likeness (QED) is 0.771. The molecule has 1 aromatic rings. The van der Waals surface area contributed by atoms with E-state index in [0.29, 0.717) is 0 Å². The first-order valence-electron chi connectivity index (χ1n) is 4.41. The first-order valence-corrected chi connectivity index (χ1v) is 4.41. The lowest BCUT2D eigenvalue weighted by Gasteiger charge is -2.10. The lowest BCUT2D eigenvalue weighted by Crippen LogP contribution is -2.11. The van der Waals surface area contributed by atoms with Crippen molar-refractivity contribution in [3.8, 4) is 5.75 Å². The maximum absolute atomic E-state index is 12.4. The molecule has 0 unspecified atom stereocenters. The fourth-order valence-electron chi connectivity index (χ4n) is 1.12. The third kappa shape index (κ3) is 2.18. The molecule has 0 atom stereocenters. The van der Waals surface area contributed by atoms with Gasteiger partial charge in [-0.1, -0.05) is 0 Å². The van der Waals surface area contributed by atoms with Crippen LogP contribution in [0.4, 0.5) is 14.5 Å². The van der Waals surface area contributed by atoms with Crippen LogP contribution in [0.1, 0.15) is 29.4 Å². The summed E-state index contributed by atoms with van der Waals surface area (Å²) in [6.07, 6.45) is -2.18. The molecule has 0 saturated carbocycles. The van der Waals surface area contributed by atoms with E-state index in [1.165, 1.54) is 0 Å². The summed E-state index contributed by atoms with van der Waals surface area (Å²) in [6.45, 7) is 1.59. The molecule has 5 nitrogen and oxygen atoms in total. The molecular formula is C9H10F2N2O3. The highest BCUT2D eigenvalue weighted by Gasteiger charge is 2.23. The van der Waals surface area contributed by atoms with Crippen molar-refractivity contribution in [2.45, 2.75) is 13.3 Å². The number of hydrogen-bond donors (Lipinski definition) is 2. The number of aromatic nitrogens is 1. The van der Waals surface area contributed by atoms with Crippen molar-refractivity contribution < 1.29 is 23.4 Å². The van der Waals surface area contributed by atoms with Crippen LogP contribution in [-0.2, 0) is 4.74 Å².